The molecule has 1 fully saturated rings. The average molecular weight is 346 g/mol. The van der Waals surface area contributed by atoms with Crippen molar-refractivity contribution in [1.29, 1.82) is 0 Å². The zero-order valence-corrected chi connectivity index (χ0v) is 14.1. The van der Waals surface area contributed by atoms with Crippen molar-refractivity contribution in [3.8, 4) is 0 Å². The molecule has 0 bridgehead atoms. The van der Waals surface area contributed by atoms with Crippen molar-refractivity contribution < 1.29 is 42.9 Å². The van der Waals surface area contributed by atoms with Gasteiger partial charge in [0.15, 0.2) is 6.10 Å². The Hall–Kier alpha value is -2.16. The van der Waals surface area contributed by atoms with Crippen molar-refractivity contribution in [1.82, 2.24) is 0 Å². The van der Waals surface area contributed by atoms with E-state index in [4.69, 9.17) is 23.7 Å². The fraction of sp³-hybridized carbons (Fsp3) is 0.733. The molecule has 0 saturated carbocycles. The summed E-state index contributed by atoms with van der Waals surface area (Å²) >= 11 is 0. The molecule has 1 rings (SSSR count). The molecule has 0 aromatic carbocycles. The lowest BCUT2D eigenvalue weighted by Crippen LogP contribution is -2.54. The zero-order chi connectivity index (χ0) is 18.3. The number of carbonyl (C=O) groups excluding carboxylic acids is 4. The number of esters is 4. The smallest absolute Gasteiger partial charge is 0.307 e. The molecule has 9 heteroatoms. The molecule has 0 unspecified atom stereocenters. The van der Waals surface area contributed by atoms with Crippen LogP contribution in [0, 0.1) is 0 Å². The van der Waals surface area contributed by atoms with E-state index in [-0.39, 0.29) is 19.4 Å². The van der Waals surface area contributed by atoms with Crippen molar-refractivity contribution >= 4 is 23.9 Å². The van der Waals surface area contributed by atoms with Gasteiger partial charge in [-0.1, -0.05) is 6.92 Å². The summed E-state index contributed by atoms with van der Waals surface area (Å²) in [6.45, 7) is 4.98. The minimum absolute atomic E-state index is 0.000161. The summed E-state index contributed by atoms with van der Waals surface area (Å²) in [6.07, 6.45) is -3.68. The summed E-state index contributed by atoms with van der Waals surface area (Å²) in [4.78, 5) is 45.1. The number of carbonyl (C=O) groups is 4. The Labute approximate surface area is 139 Å². The summed E-state index contributed by atoms with van der Waals surface area (Å²) in [5.74, 6) is -2.26. The molecule has 0 aromatic heterocycles. The summed E-state index contributed by atoms with van der Waals surface area (Å²) in [7, 11) is 0. The summed E-state index contributed by atoms with van der Waals surface area (Å²) < 4.78 is 25.9. The first-order chi connectivity index (χ1) is 11.2. The van der Waals surface area contributed by atoms with E-state index in [2.05, 4.69) is 0 Å². The number of hydrogen-bond donors (Lipinski definition) is 0. The Morgan fingerprint density at radius 2 is 1.58 bits per heavy atom. The topological polar surface area (TPSA) is 114 Å². The van der Waals surface area contributed by atoms with Crippen LogP contribution in [0.3, 0.4) is 0 Å². The lowest BCUT2D eigenvalue weighted by molar-refractivity contribution is -0.260. The van der Waals surface area contributed by atoms with Crippen LogP contribution >= 0.6 is 0 Å². The second-order valence-corrected chi connectivity index (χ2v) is 5.21. The molecule has 0 amide bonds. The fourth-order valence-electron chi connectivity index (χ4n) is 2.20. The van der Waals surface area contributed by atoms with Gasteiger partial charge in [-0.05, 0) is 0 Å². The average Bonchev–Trinajstić information content (AvgIpc) is 2.46. The lowest BCUT2D eigenvalue weighted by atomic mass is 10.0. The molecule has 0 aromatic rings. The molecular formula is C15H22O9. The first-order valence-electron chi connectivity index (χ1n) is 7.55. The number of hydrogen-bond acceptors (Lipinski definition) is 9. The Balaban J connectivity index is 2.95. The molecule has 1 aliphatic rings. The van der Waals surface area contributed by atoms with Gasteiger partial charge in [-0.25, -0.2) is 0 Å². The van der Waals surface area contributed by atoms with Crippen LogP contribution in [0.15, 0.2) is 0 Å². The molecule has 4 atom stereocenters. The molecule has 0 spiro atoms. The molecule has 1 aliphatic heterocycles. The van der Waals surface area contributed by atoms with Crippen LogP contribution < -0.4 is 0 Å². The SMILES string of the molecule is CCC(=O)O[C@H]1C[C@@H](OC(C)=O)[C@H](OC(C)=O)[C@@H](COC(C)=O)O1. The molecular weight excluding hydrogens is 324 g/mol. The largest absolute Gasteiger partial charge is 0.463 e. The van der Waals surface area contributed by atoms with Crippen LogP contribution in [-0.2, 0) is 42.9 Å². The van der Waals surface area contributed by atoms with Gasteiger partial charge in [0.25, 0.3) is 0 Å². The van der Waals surface area contributed by atoms with Crippen molar-refractivity contribution in [3.63, 3.8) is 0 Å². The van der Waals surface area contributed by atoms with Gasteiger partial charge in [-0.2, -0.15) is 0 Å². The van der Waals surface area contributed by atoms with Crippen LogP contribution in [0.2, 0.25) is 0 Å². The van der Waals surface area contributed by atoms with E-state index < -0.39 is 48.5 Å². The van der Waals surface area contributed by atoms with Gasteiger partial charge in [-0.3, -0.25) is 19.2 Å². The standard InChI is InChI=1S/C15H22O9/c1-5-13(19)24-14-6-11(21-9(3)17)15(22-10(4)18)12(23-14)7-20-8(2)16/h11-12,14-15H,5-7H2,1-4H3/t11-,12-,14+,15+/m1/s1. The first kappa shape index (κ1) is 19.9. The van der Waals surface area contributed by atoms with Crippen molar-refractivity contribution in [2.45, 2.75) is 65.1 Å². The van der Waals surface area contributed by atoms with Crippen LogP contribution in [0.25, 0.3) is 0 Å². The van der Waals surface area contributed by atoms with Crippen LogP contribution in [-0.4, -0.2) is 55.1 Å². The van der Waals surface area contributed by atoms with E-state index in [1.54, 1.807) is 6.92 Å². The van der Waals surface area contributed by atoms with Gasteiger partial charge in [0.05, 0.1) is 6.42 Å². The highest BCUT2D eigenvalue weighted by Gasteiger charge is 2.44. The summed E-state index contributed by atoms with van der Waals surface area (Å²) in [5, 5.41) is 0. The van der Waals surface area contributed by atoms with E-state index >= 15 is 0 Å². The van der Waals surface area contributed by atoms with Crippen molar-refractivity contribution in [3.05, 3.63) is 0 Å². The highest BCUT2D eigenvalue weighted by atomic mass is 16.7. The minimum Gasteiger partial charge on any atom is -0.463 e. The third-order valence-corrected chi connectivity index (χ3v) is 3.11. The molecule has 9 nitrogen and oxygen atoms in total. The third-order valence-electron chi connectivity index (χ3n) is 3.11. The maximum Gasteiger partial charge on any atom is 0.307 e. The Morgan fingerprint density at radius 3 is 2.08 bits per heavy atom. The predicted molar refractivity (Wildman–Crippen MR) is 77.4 cm³/mol. The van der Waals surface area contributed by atoms with Crippen molar-refractivity contribution in [2.24, 2.45) is 0 Å². The van der Waals surface area contributed by atoms with Gasteiger partial charge in [0, 0.05) is 27.2 Å². The van der Waals surface area contributed by atoms with Gasteiger partial charge < -0.3 is 23.7 Å². The van der Waals surface area contributed by atoms with Gasteiger partial charge in [0.1, 0.15) is 18.8 Å². The quantitative estimate of drug-likeness (QED) is 0.500. The van der Waals surface area contributed by atoms with Crippen molar-refractivity contribution in [2.75, 3.05) is 6.61 Å². The summed E-state index contributed by atoms with van der Waals surface area (Å²) in [5.41, 5.74) is 0. The highest BCUT2D eigenvalue weighted by molar-refractivity contribution is 5.69. The highest BCUT2D eigenvalue weighted by Crippen LogP contribution is 2.27. The third kappa shape index (κ3) is 6.53. The minimum atomic E-state index is -1.01. The molecule has 0 N–H and O–H groups in total. The monoisotopic (exact) mass is 346 g/mol. The van der Waals surface area contributed by atoms with Crippen LogP contribution in [0.1, 0.15) is 40.5 Å². The Morgan fingerprint density at radius 1 is 0.958 bits per heavy atom. The van der Waals surface area contributed by atoms with E-state index in [0.717, 1.165) is 0 Å². The van der Waals surface area contributed by atoms with Gasteiger partial charge in [0.2, 0.25) is 6.29 Å². The van der Waals surface area contributed by atoms with Crippen LogP contribution in [0.5, 0.6) is 0 Å². The molecule has 0 aliphatic carbocycles. The molecule has 1 saturated heterocycles. The second-order valence-electron chi connectivity index (χ2n) is 5.21. The number of ether oxygens (including phenoxy) is 5. The Kier molecular flexibility index (Phi) is 7.63. The Bertz CT molecular complexity index is 487. The van der Waals surface area contributed by atoms with Gasteiger partial charge >= 0.3 is 23.9 Å². The van der Waals surface area contributed by atoms with E-state index in [9.17, 15) is 19.2 Å². The zero-order valence-electron chi connectivity index (χ0n) is 14.1. The number of rotatable bonds is 6. The second kappa shape index (κ2) is 9.21. The lowest BCUT2D eigenvalue weighted by Gasteiger charge is -2.39. The molecule has 136 valence electrons. The van der Waals surface area contributed by atoms with Gasteiger partial charge in [-0.15, -0.1) is 0 Å². The molecule has 1 heterocycles. The van der Waals surface area contributed by atoms with Crippen LogP contribution in [0.4, 0.5) is 0 Å². The maximum atomic E-state index is 11.5. The normalized spacial score (nSPS) is 26.2. The fourth-order valence-corrected chi connectivity index (χ4v) is 2.20. The van der Waals surface area contributed by atoms with E-state index in [1.165, 1.54) is 20.8 Å². The van der Waals surface area contributed by atoms with E-state index in [1.807, 2.05) is 0 Å². The predicted octanol–water partition coefficient (Wildman–Crippen LogP) is 0.481. The molecule has 0 radical (unpaired) electrons. The maximum absolute atomic E-state index is 11.5. The first-order valence-corrected chi connectivity index (χ1v) is 7.55. The summed E-state index contributed by atoms with van der Waals surface area (Å²) in [6, 6.07) is 0. The molecule has 24 heavy (non-hydrogen) atoms. The van der Waals surface area contributed by atoms with E-state index in [0.29, 0.717) is 0 Å².